The second-order valence-electron chi connectivity index (χ2n) is 3.78. The lowest BCUT2D eigenvalue weighted by Gasteiger charge is -2.09. The number of rotatable bonds is 4. The van der Waals surface area contributed by atoms with E-state index in [4.69, 9.17) is 40.5 Å². The van der Waals surface area contributed by atoms with Crippen molar-refractivity contribution in [1.29, 1.82) is 0 Å². The van der Waals surface area contributed by atoms with Crippen molar-refractivity contribution in [2.75, 3.05) is 4.72 Å². The third kappa shape index (κ3) is 3.39. The van der Waals surface area contributed by atoms with Crippen LogP contribution in [-0.2, 0) is 16.6 Å². The molecule has 0 atom stereocenters. The number of hydrogen-bond acceptors (Lipinski definition) is 4. The first-order valence-electron chi connectivity index (χ1n) is 5.29. The topological polar surface area (TPSA) is 72.2 Å². The standard InChI is InChI=1S/C11H9Cl3N2O2S2/c12-7-3-9(14)10(4-8(7)13)16-20(17,18)11-2-1-6(5-15)19-11/h1-4,16H,5,15H2. The SMILES string of the molecule is NCc1ccc(S(=O)(=O)Nc2cc(Cl)c(Cl)cc2Cl)s1. The third-order valence-corrected chi connectivity index (χ3v) is 6.36. The molecule has 1 aromatic heterocycles. The average molecular weight is 372 g/mol. The zero-order chi connectivity index (χ0) is 14.9. The summed E-state index contributed by atoms with van der Waals surface area (Å²) in [5.41, 5.74) is 5.63. The van der Waals surface area contributed by atoms with Crippen LogP contribution in [0.25, 0.3) is 0 Å². The van der Waals surface area contributed by atoms with Gasteiger partial charge in [0.05, 0.1) is 20.8 Å². The van der Waals surface area contributed by atoms with Gasteiger partial charge in [-0.15, -0.1) is 11.3 Å². The molecule has 0 unspecified atom stereocenters. The largest absolute Gasteiger partial charge is 0.326 e. The molecule has 0 radical (unpaired) electrons. The number of nitrogens with two attached hydrogens (primary N) is 1. The van der Waals surface area contributed by atoms with Gasteiger partial charge >= 0.3 is 0 Å². The van der Waals surface area contributed by atoms with E-state index < -0.39 is 10.0 Å². The fourth-order valence-electron chi connectivity index (χ4n) is 1.41. The Kier molecular flexibility index (Phi) is 4.84. The molecule has 0 saturated heterocycles. The molecule has 0 aliphatic rings. The van der Waals surface area contributed by atoms with Crippen molar-refractivity contribution < 1.29 is 8.42 Å². The molecule has 0 bridgehead atoms. The van der Waals surface area contributed by atoms with Crippen LogP contribution in [0.15, 0.2) is 28.5 Å². The van der Waals surface area contributed by atoms with Gasteiger partial charge in [-0.05, 0) is 24.3 Å². The fourth-order valence-corrected chi connectivity index (χ4v) is 4.36. The van der Waals surface area contributed by atoms with Crippen molar-refractivity contribution in [2.45, 2.75) is 10.8 Å². The van der Waals surface area contributed by atoms with Crippen molar-refractivity contribution in [3.8, 4) is 0 Å². The molecule has 108 valence electrons. The van der Waals surface area contributed by atoms with E-state index in [9.17, 15) is 8.42 Å². The van der Waals surface area contributed by atoms with E-state index in [1.165, 1.54) is 18.2 Å². The van der Waals surface area contributed by atoms with Crippen molar-refractivity contribution in [2.24, 2.45) is 5.73 Å². The van der Waals surface area contributed by atoms with Crippen LogP contribution in [-0.4, -0.2) is 8.42 Å². The van der Waals surface area contributed by atoms with Gasteiger partial charge in [0.2, 0.25) is 0 Å². The van der Waals surface area contributed by atoms with Crippen LogP contribution in [0.1, 0.15) is 4.88 Å². The summed E-state index contributed by atoms with van der Waals surface area (Å²) in [6.45, 7) is 0.285. The summed E-state index contributed by atoms with van der Waals surface area (Å²) in [6, 6.07) is 5.89. The Morgan fingerprint density at radius 3 is 2.35 bits per heavy atom. The summed E-state index contributed by atoms with van der Waals surface area (Å²) in [6.07, 6.45) is 0. The monoisotopic (exact) mass is 370 g/mol. The average Bonchev–Trinajstić information content (AvgIpc) is 2.85. The van der Waals surface area contributed by atoms with Crippen molar-refractivity contribution in [3.63, 3.8) is 0 Å². The van der Waals surface area contributed by atoms with Crippen molar-refractivity contribution in [3.05, 3.63) is 44.2 Å². The Labute approximate surface area is 135 Å². The number of halogens is 3. The molecular weight excluding hydrogens is 363 g/mol. The molecule has 0 fully saturated rings. The maximum absolute atomic E-state index is 12.2. The molecule has 2 rings (SSSR count). The van der Waals surface area contributed by atoms with E-state index in [1.807, 2.05) is 0 Å². The molecule has 1 aromatic carbocycles. The second kappa shape index (κ2) is 6.09. The molecule has 0 amide bonds. The smallest absolute Gasteiger partial charge is 0.271 e. The molecule has 0 aliphatic heterocycles. The van der Waals surface area contributed by atoms with E-state index in [-0.39, 0.29) is 31.5 Å². The lowest BCUT2D eigenvalue weighted by atomic mass is 10.3. The van der Waals surface area contributed by atoms with Gasteiger partial charge < -0.3 is 5.73 Å². The third-order valence-electron chi connectivity index (χ3n) is 2.36. The normalized spacial score (nSPS) is 11.6. The van der Waals surface area contributed by atoms with Crippen LogP contribution in [0.3, 0.4) is 0 Å². The molecule has 0 aliphatic carbocycles. The van der Waals surface area contributed by atoms with Crippen LogP contribution in [0.5, 0.6) is 0 Å². The van der Waals surface area contributed by atoms with Crippen molar-refractivity contribution in [1.82, 2.24) is 0 Å². The first-order chi connectivity index (χ1) is 9.33. The number of nitrogens with one attached hydrogen (secondary N) is 1. The van der Waals surface area contributed by atoms with E-state index in [2.05, 4.69) is 4.72 Å². The lowest BCUT2D eigenvalue weighted by Crippen LogP contribution is -2.11. The zero-order valence-corrected chi connectivity index (χ0v) is 13.8. The van der Waals surface area contributed by atoms with Gasteiger partial charge in [0.25, 0.3) is 10.0 Å². The summed E-state index contributed by atoms with van der Waals surface area (Å²) < 4.78 is 26.9. The van der Waals surface area contributed by atoms with Crippen LogP contribution >= 0.6 is 46.1 Å². The minimum absolute atomic E-state index is 0.153. The van der Waals surface area contributed by atoms with Crippen LogP contribution < -0.4 is 10.5 Å². The number of anilines is 1. The highest BCUT2D eigenvalue weighted by Crippen LogP contribution is 2.34. The number of benzene rings is 1. The molecular formula is C11H9Cl3N2O2S2. The lowest BCUT2D eigenvalue weighted by molar-refractivity contribution is 0.603. The van der Waals surface area contributed by atoms with Crippen LogP contribution in [0.2, 0.25) is 15.1 Å². The highest BCUT2D eigenvalue weighted by molar-refractivity contribution is 7.94. The molecule has 4 nitrogen and oxygen atoms in total. The Balaban J connectivity index is 2.35. The highest BCUT2D eigenvalue weighted by atomic mass is 35.5. The molecule has 0 saturated carbocycles. The van der Waals surface area contributed by atoms with Gasteiger partial charge in [-0.3, -0.25) is 4.72 Å². The first kappa shape index (κ1) is 15.9. The van der Waals surface area contributed by atoms with E-state index in [0.29, 0.717) is 0 Å². The summed E-state index contributed by atoms with van der Waals surface area (Å²) in [7, 11) is -3.73. The number of sulfonamides is 1. The molecule has 9 heteroatoms. The molecule has 2 aromatic rings. The fraction of sp³-hybridized carbons (Fsp3) is 0.0909. The van der Waals surface area contributed by atoms with Crippen LogP contribution in [0, 0.1) is 0 Å². The quantitative estimate of drug-likeness (QED) is 0.799. The van der Waals surface area contributed by atoms with Gasteiger partial charge in [0, 0.05) is 11.4 Å². The highest BCUT2D eigenvalue weighted by Gasteiger charge is 2.19. The van der Waals surface area contributed by atoms with Crippen molar-refractivity contribution >= 4 is 61.9 Å². The predicted octanol–water partition coefficient (Wildman–Crippen LogP) is 3.97. The maximum atomic E-state index is 12.2. The number of thiophene rings is 1. The Hall–Kier alpha value is -0.500. The van der Waals surface area contributed by atoms with Gasteiger partial charge in [-0.2, -0.15) is 0 Å². The maximum Gasteiger partial charge on any atom is 0.271 e. The number of hydrogen-bond donors (Lipinski definition) is 2. The Bertz CT molecular complexity index is 744. The summed E-state index contributed by atoms with van der Waals surface area (Å²) in [4.78, 5) is 0.769. The van der Waals surface area contributed by atoms with Gasteiger partial charge in [-0.1, -0.05) is 34.8 Å². The minimum Gasteiger partial charge on any atom is -0.326 e. The Morgan fingerprint density at radius 2 is 1.75 bits per heavy atom. The van der Waals surface area contributed by atoms with Gasteiger partial charge in [0.1, 0.15) is 4.21 Å². The van der Waals surface area contributed by atoms with E-state index >= 15 is 0 Å². The van der Waals surface area contributed by atoms with Gasteiger partial charge in [-0.25, -0.2) is 8.42 Å². The molecule has 0 spiro atoms. The predicted molar refractivity (Wildman–Crippen MR) is 84.5 cm³/mol. The summed E-state index contributed by atoms with van der Waals surface area (Å²) in [5, 5.41) is 0.627. The first-order valence-corrected chi connectivity index (χ1v) is 8.73. The van der Waals surface area contributed by atoms with E-state index in [1.54, 1.807) is 6.07 Å². The second-order valence-corrected chi connectivity index (χ2v) is 8.08. The van der Waals surface area contributed by atoms with Gasteiger partial charge in [0.15, 0.2) is 0 Å². The summed E-state index contributed by atoms with van der Waals surface area (Å²) in [5.74, 6) is 0. The molecule has 20 heavy (non-hydrogen) atoms. The zero-order valence-electron chi connectivity index (χ0n) is 9.86. The van der Waals surface area contributed by atoms with E-state index in [0.717, 1.165) is 16.2 Å². The summed E-state index contributed by atoms with van der Waals surface area (Å²) >= 11 is 18.7. The minimum atomic E-state index is -3.73. The Morgan fingerprint density at radius 1 is 1.10 bits per heavy atom. The molecule has 1 heterocycles. The van der Waals surface area contributed by atoms with Crippen LogP contribution in [0.4, 0.5) is 5.69 Å². The molecule has 3 N–H and O–H groups in total.